The molecule has 4 aromatic rings. The number of nitrogens with one attached hydrogen (secondary N) is 3. The molecule has 4 rings (SSSR count). The number of hydrogen-bond donors (Lipinski definition) is 3. The van der Waals surface area contributed by atoms with Crippen LogP contribution in [0.25, 0.3) is 0 Å². The Hall–Kier alpha value is -4.43. The number of amides is 2. The fraction of sp³-hybridized carbons (Fsp3) is 0.0714. The average molecular weight is 500 g/mol. The van der Waals surface area contributed by atoms with Crippen molar-refractivity contribution in [2.75, 3.05) is 10.0 Å². The molecule has 0 atom stereocenters. The first-order valence-corrected chi connectivity index (χ1v) is 12.7. The first-order valence-electron chi connectivity index (χ1n) is 11.2. The fourth-order valence-electron chi connectivity index (χ4n) is 3.51. The molecule has 0 fully saturated rings. The van der Waals surface area contributed by atoms with Gasteiger partial charge in [-0.1, -0.05) is 66.2 Å². The lowest BCUT2D eigenvalue weighted by atomic mass is 10.1. The van der Waals surface area contributed by atoms with E-state index >= 15 is 0 Å². The second-order valence-corrected chi connectivity index (χ2v) is 9.85. The van der Waals surface area contributed by atoms with Crippen molar-refractivity contribution in [3.63, 3.8) is 0 Å². The molecular formula is C28H25N3O4S. The third-order valence-electron chi connectivity index (χ3n) is 5.42. The molecule has 0 aromatic heterocycles. The van der Waals surface area contributed by atoms with Crippen LogP contribution in [-0.4, -0.2) is 20.2 Å². The van der Waals surface area contributed by atoms with Crippen LogP contribution in [0.5, 0.6) is 0 Å². The van der Waals surface area contributed by atoms with Crippen molar-refractivity contribution in [3.05, 3.63) is 125 Å². The number of carbonyl (C=O) groups excluding carboxylic acids is 2. The largest absolute Gasteiger partial charge is 0.348 e. The average Bonchev–Trinajstić information content (AvgIpc) is 2.88. The van der Waals surface area contributed by atoms with Crippen molar-refractivity contribution >= 4 is 33.2 Å². The topological polar surface area (TPSA) is 104 Å². The van der Waals surface area contributed by atoms with Gasteiger partial charge in [-0.15, -0.1) is 0 Å². The van der Waals surface area contributed by atoms with Crippen LogP contribution in [0.2, 0.25) is 0 Å². The maximum absolute atomic E-state index is 13.0. The number of sulfonamides is 1. The minimum atomic E-state index is -3.81. The quantitative estimate of drug-likeness (QED) is 0.318. The zero-order chi connectivity index (χ0) is 25.5. The highest BCUT2D eigenvalue weighted by Gasteiger charge is 2.17. The Morgan fingerprint density at radius 1 is 0.750 bits per heavy atom. The summed E-state index contributed by atoms with van der Waals surface area (Å²) in [6.45, 7) is 2.22. The molecule has 0 unspecified atom stereocenters. The van der Waals surface area contributed by atoms with E-state index in [0.29, 0.717) is 17.8 Å². The Balaban J connectivity index is 1.47. The van der Waals surface area contributed by atoms with Gasteiger partial charge in [-0.2, -0.15) is 0 Å². The van der Waals surface area contributed by atoms with Crippen LogP contribution in [0.3, 0.4) is 0 Å². The lowest BCUT2D eigenvalue weighted by molar-refractivity contribution is 0.0951. The minimum absolute atomic E-state index is 0.124. The summed E-state index contributed by atoms with van der Waals surface area (Å²) in [4.78, 5) is 25.9. The van der Waals surface area contributed by atoms with Crippen LogP contribution in [0.4, 0.5) is 11.4 Å². The number of rotatable bonds is 8. The second-order valence-electron chi connectivity index (χ2n) is 8.17. The molecule has 8 heteroatoms. The summed E-state index contributed by atoms with van der Waals surface area (Å²) < 4.78 is 27.9. The SMILES string of the molecule is Cc1ccc(S(=O)(=O)Nc2cccc(C(=O)Nc3ccccc3C(=O)NCc3ccccc3)c2)cc1. The van der Waals surface area contributed by atoms with Crippen molar-refractivity contribution in [3.8, 4) is 0 Å². The van der Waals surface area contributed by atoms with Crippen LogP contribution >= 0.6 is 0 Å². The van der Waals surface area contributed by atoms with E-state index in [0.717, 1.165) is 11.1 Å². The van der Waals surface area contributed by atoms with Crippen LogP contribution in [-0.2, 0) is 16.6 Å². The number of benzene rings is 4. The molecule has 0 aliphatic heterocycles. The molecule has 2 amide bonds. The molecule has 0 aliphatic carbocycles. The van der Waals surface area contributed by atoms with Crippen molar-refractivity contribution in [2.24, 2.45) is 0 Å². The molecule has 0 bridgehead atoms. The third kappa shape index (κ3) is 6.17. The smallest absolute Gasteiger partial charge is 0.261 e. The predicted octanol–water partition coefficient (Wildman–Crippen LogP) is 4.98. The van der Waals surface area contributed by atoms with Gasteiger partial charge in [-0.05, 0) is 55.0 Å². The van der Waals surface area contributed by atoms with Crippen LogP contribution in [0.1, 0.15) is 31.8 Å². The molecular weight excluding hydrogens is 474 g/mol. The maximum atomic E-state index is 13.0. The summed E-state index contributed by atoms with van der Waals surface area (Å²) in [6, 6.07) is 28.8. The van der Waals surface area contributed by atoms with Gasteiger partial charge in [0.2, 0.25) is 0 Å². The van der Waals surface area contributed by atoms with Gasteiger partial charge >= 0.3 is 0 Å². The normalized spacial score (nSPS) is 10.9. The highest BCUT2D eigenvalue weighted by atomic mass is 32.2. The summed E-state index contributed by atoms with van der Waals surface area (Å²) in [5.74, 6) is -0.802. The second kappa shape index (κ2) is 10.9. The molecule has 0 aliphatic rings. The minimum Gasteiger partial charge on any atom is -0.348 e. The molecule has 3 N–H and O–H groups in total. The van der Waals surface area contributed by atoms with E-state index in [1.807, 2.05) is 37.3 Å². The van der Waals surface area contributed by atoms with Gasteiger partial charge in [0.05, 0.1) is 16.1 Å². The molecule has 0 saturated carbocycles. The molecule has 0 heterocycles. The molecule has 0 radical (unpaired) electrons. The van der Waals surface area contributed by atoms with Crippen molar-refractivity contribution in [2.45, 2.75) is 18.4 Å². The molecule has 7 nitrogen and oxygen atoms in total. The van der Waals surface area contributed by atoms with Gasteiger partial charge in [-0.3, -0.25) is 14.3 Å². The number of hydrogen-bond acceptors (Lipinski definition) is 4. The summed E-state index contributed by atoms with van der Waals surface area (Å²) in [5, 5.41) is 5.61. The van der Waals surface area contributed by atoms with Gasteiger partial charge in [0, 0.05) is 17.8 Å². The lowest BCUT2D eigenvalue weighted by Gasteiger charge is -2.13. The van der Waals surface area contributed by atoms with E-state index < -0.39 is 15.9 Å². The Bertz CT molecular complexity index is 1480. The standard InChI is InChI=1S/C28H25N3O4S/c1-20-14-16-24(17-15-20)36(34,35)31-23-11-7-10-22(18-23)27(32)30-26-13-6-5-12-25(26)28(33)29-19-21-8-3-2-4-9-21/h2-18,31H,19H2,1H3,(H,29,33)(H,30,32). The zero-order valence-electron chi connectivity index (χ0n) is 19.6. The van der Waals surface area contributed by atoms with Crippen LogP contribution in [0.15, 0.2) is 108 Å². The fourth-order valence-corrected chi connectivity index (χ4v) is 4.56. The van der Waals surface area contributed by atoms with Gasteiger partial charge in [0.15, 0.2) is 0 Å². The summed E-state index contributed by atoms with van der Waals surface area (Å²) in [6.07, 6.45) is 0. The number of anilines is 2. The van der Waals surface area contributed by atoms with E-state index in [1.165, 1.54) is 18.2 Å². The number of carbonyl (C=O) groups is 2. The predicted molar refractivity (Wildman–Crippen MR) is 140 cm³/mol. The zero-order valence-corrected chi connectivity index (χ0v) is 20.4. The Kier molecular flexibility index (Phi) is 7.46. The monoisotopic (exact) mass is 499 g/mol. The van der Waals surface area contributed by atoms with E-state index in [-0.39, 0.29) is 22.1 Å². The Morgan fingerprint density at radius 3 is 2.19 bits per heavy atom. The lowest BCUT2D eigenvalue weighted by Crippen LogP contribution is -2.25. The van der Waals surface area contributed by atoms with Gasteiger partial charge in [-0.25, -0.2) is 8.42 Å². The van der Waals surface area contributed by atoms with Gasteiger partial charge in [0.1, 0.15) is 0 Å². The van der Waals surface area contributed by atoms with Crippen molar-refractivity contribution in [1.29, 1.82) is 0 Å². The van der Waals surface area contributed by atoms with Crippen LogP contribution in [0, 0.1) is 6.92 Å². The van der Waals surface area contributed by atoms with Crippen LogP contribution < -0.4 is 15.4 Å². The van der Waals surface area contributed by atoms with Gasteiger partial charge < -0.3 is 10.6 Å². The van der Waals surface area contributed by atoms with E-state index in [4.69, 9.17) is 0 Å². The van der Waals surface area contributed by atoms with E-state index in [2.05, 4.69) is 15.4 Å². The molecule has 4 aromatic carbocycles. The molecule has 36 heavy (non-hydrogen) atoms. The van der Waals surface area contributed by atoms with Crippen molar-refractivity contribution < 1.29 is 18.0 Å². The van der Waals surface area contributed by atoms with E-state index in [9.17, 15) is 18.0 Å². The summed E-state index contributed by atoms with van der Waals surface area (Å²) in [5.41, 5.74) is 3.05. The highest BCUT2D eigenvalue weighted by Crippen LogP contribution is 2.20. The first kappa shape index (κ1) is 24.7. The van der Waals surface area contributed by atoms with Crippen molar-refractivity contribution in [1.82, 2.24) is 5.32 Å². The Morgan fingerprint density at radius 2 is 1.44 bits per heavy atom. The van der Waals surface area contributed by atoms with Gasteiger partial charge in [0.25, 0.3) is 21.8 Å². The Labute approximate surface area is 210 Å². The molecule has 182 valence electrons. The number of aryl methyl sites for hydroxylation is 1. The first-order chi connectivity index (χ1) is 17.3. The maximum Gasteiger partial charge on any atom is 0.261 e. The molecule has 0 saturated heterocycles. The summed E-state index contributed by atoms with van der Waals surface area (Å²) in [7, 11) is -3.81. The molecule has 0 spiro atoms. The highest BCUT2D eigenvalue weighted by molar-refractivity contribution is 7.92. The van der Waals surface area contributed by atoms with E-state index in [1.54, 1.807) is 54.6 Å². The number of para-hydroxylation sites is 1. The summed E-state index contributed by atoms with van der Waals surface area (Å²) >= 11 is 0. The third-order valence-corrected chi connectivity index (χ3v) is 6.82.